The zero-order chi connectivity index (χ0) is 9.68. The molecule has 0 aromatic heterocycles. The highest BCUT2D eigenvalue weighted by atomic mass is 35.5. The van der Waals surface area contributed by atoms with Gasteiger partial charge >= 0.3 is 0 Å². The summed E-state index contributed by atoms with van der Waals surface area (Å²) >= 11 is 3.84. The Bertz CT molecular complexity index is 301. The zero-order valence-corrected chi connectivity index (χ0v) is 8.61. The molecule has 0 bridgehead atoms. The number of aryl methyl sites for hydroxylation is 1. The quantitative estimate of drug-likeness (QED) is 0.726. The Hall–Kier alpha value is -0.380. The van der Waals surface area contributed by atoms with Crippen LogP contribution in [0.2, 0.25) is 5.02 Å². The van der Waals surface area contributed by atoms with E-state index < -0.39 is 11.1 Å². The van der Waals surface area contributed by atoms with Gasteiger partial charge in [-0.05, 0) is 30.5 Å². The predicted octanol–water partition coefficient (Wildman–Crippen LogP) is 2.15. The SMILES string of the molecule is O=S([O-])CCCc1cccc(Cl)c1. The summed E-state index contributed by atoms with van der Waals surface area (Å²) in [5.41, 5.74) is 1.08. The van der Waals surface area contributed by atoms with E-state index in [4.69, 9.17) is 11.6 Å². The maximum absolute atomic E-state index is 10.2. The fourth-order valence-corrected chi connectivity index (χ4v) is 1.68. The van der Waals surface area contributed by atoms with E-state index in [1.54, 1.807) is 6.07 Å². The number of halogens is 1. The second kappa shape index (κ2) is 5.37. The molecular formula is C9H10ClO2S-. The van der Waals surface area contributed by atoms with Gasteiger partial charge in [-0.1, -0.05) is 34.8 Å². The molecule has 1 aromatic carbocycles. The summed E-state index contributed by atoms with van der Waals surface area (Å²) < 4.78 is 20.5. The van der Waals surface area contributed by atoms with Gasteiger partial charge in [0.2, 0.25) is 0 Å². The standard InChI is InChI=1S/C9H11ClO2S/c10-9-5-1-3-8(7-9)4-2-6-13(11)12/h1,3,5,7H,2,4,6H2,(H,11,12)/p-1. The highest BCUT2D eigenvalue weighted by Crippen LogP contribution is 2.12. The van der Waals surface area contributed by atoms with Crippen molar-refractivity contribution in [2.45, 2.75) is 12.8 Å². The van der Waals surface area contributed by atoms with Gasteiger partial charge in [-0.3, -0.25) is 4.21 Å². The largest absolute Gasteiger partial charge is 0.772 e. The predicted molar refractivity (Wildman–Crippen MR) is 53.6 cm³/mol. The highest BCUT2D eigenvalue weighted by Gasteiger charge is 1.94. The smallest absolute Gasteiger partial charge is 0.0408 e. The monoisotopic (exact) mass is 217 g/mol. The molecule has 4 heteroatoms. The van der Waals surface area contributed by atoms with Crippen molar-refractivity contribution in [3.8, 4) is 0 Å². The molecule has 1 atom stereocenters. The van der Waals surface area contributed by atoms with E-state index in [1.165, 1.54) is 0 Å². The van der Waals surface area contributed by atoms with Crippen molar-refractivity contribution in [1.29, 1.82) is 0 Å². The third-order valence-corrected chi connectivity index (χ3v) is 2.52. The molecule has 0 N–H and O–H groups in total. The fourth-order valence-electron chi connectivity index (χ4n) is 1.09. The van der Waals surface area contributed by atoms with E-state index in [9.17, 15) is 8.76 Å². The van der Waals surface area contributed by atoms with Crippen LogP contribution in [0.5, 0.6) is 0 Å². The third kappa shape index (κ3) is 4.41. The van der Waals surface area contributed by atoms with Crippen LogP contribution in [-0.2, 0) is 17.5 Å². The van der Waals surface area contributed by atoms with Crippen molar-refractivity contribution in [1.82, 2.24) is 0 Å². The maximum atomic E-state index is 10.2. The molecule has 0 aliphatic carbocycles. The molecule has 2 nitrogen and oxygen atoms in total. The summed E-state index contributed by atoms with van der Waals surface area (Å²) in [5.74, 6) is 0.215. The van der Waals surface area contributed by atoms with Crippen molar-refractivity contribution in [3.05, 3.63) is 34.9 Å². The second-order valence-electron chi connectivity index (χ2n) is 2.74. The average Bonchev–Trinajstić information content (AvgIpc) is 2.03. The first kappa shape index (κ1) is 10.7. The summed E-state index contributed by atoms with van der Waals surface area (Å²) in [6.07, 6.45) is 1.41. The molecule has 1 rings (SSSR count). The van der Waals surface area contributed by atoms with Gasteiger partial charge in [0.05, 0.1) is 0 Å². The first-order valence-corrected chi connectivity index (χ1v) is 5.61. The van der Waals surface area contributed by atoms with Gasteiger partial charge in [0, 0.05) is 10.8 Å². The van der Waals surface area contributed by atoms with Crippen LogP contribution in [0.25, 0.3) is 0 Å². The van der Waals surface area contributed by atoms with Gasteiger partial charge in [-0.15, -0.1) is 0 Å². The van der Waals surface area contributed by atoms with Crippen molar-refractivity contribution < 1.29 is 8.76 Å². The van der Waals surface area contributed by atoms with Crippen LogP contribution in [0.3, 0.4) is 0 Å². The molecular weight excluding hydrogens is 208 g/mol. The van der Waals surface area contributed by atoms with Gasteiger partial charge in [0.15, 0.2) is 0 Å². The fraction of sp³-hybridized carbons (Fsp3) is 0.333. The van der Waals surface area contributed by atoms with E-state index in [0.29, 0.717) is 11.4 Å². The van der Waals surface area contributed by atoms with Gasteiger partial charge in [-0.2, -0.15) is 0 Å². The minimum absolute atomic E-state index is 0.215. The average molecular weight is 218 g/mol. The molecule has 0 radical (unpaired) electrons. The Kier molecular flexibility index (Phi) is 4.42. The molecule has 0 aliphatic heterocycles. The number of hydrogen-bond donors (Lipinski definition) is 0. The first-order valence-electron chi connectivity index (χ1n) is 3.99. The maximum Gasteiger partial charge on any atom is 0.0408 e. The van der Waals surface area contributed by atoms with Crippen molar-refractivity contribution >= 4 is 22.7 Å². The number of benzene rings is 1. The topological polar surface area (TPSA) is 40.1 Å². The van der Waals surface area contributed by atoms with Crippen molar-refractivity contribution in [2.24, 2.45) is 0 Å². The summed E-state index contributed by atoms with van der Waals surface area (Å²) in [6, 6.07) is 7.47. The van der Waals surface area contributed by atoms with Crippen LogP contribution >= 0.6 is 11.6 Å². The second-order valence-corrected chi connectivity index (χ2v) is 4.19. The van der Waals surface area contributed by atoms with Crippen molar-refractivity contribution in [2.75, 3.05) is 5.75 Å². The van der Waals surface area contributed by atoms with E-state index in [2.05, 4.69) is 0 Å². The first-order chi connectivity index (χ1) is 6.18. The molecule has 0 amide bonds. The normalized spacial score (nSPS) is 12.8. The van der Waals surface area contributed by atoms with Gasteiger partial charge in [-0.25, -0.2) is 0 Å². The van der Waals surface area contributed by atoms with Gasteiger partial charge < -0.3 is 4.55 Å². The Morgan fingerprint density at radius 2 is 2.23 bits per heavy atom. The van der Waals surface area contributed by atoms with E-state index in [0.717, 1.165) is 12.0 Å². The lowest BCUT2D eigenvalue weighted by atomic mass is 10.1. The van der Waals surface area contributed by atoms with Crippen LogP contribution in [0.4, 0.5) is 0 Å². The Morgan fingerprint density at radius 1 is 1.46 bits per heavy atom. The van der Waals surface area contributed by atoms with Crippen molar-refractivity contribution in [3.63, 3.8) is 0 Å². The molecule has 13 heavy (non-hydrogen) atoms. The molecule has 0 saturated carbocycles. The van der Waals surface area contributed by atoms with E-state index in [-0.39, 0.29) is 5.75 Å². The Balaban J connectivity index is 2.41. The number of hydrogen-bond acceptors (Lipinski definition) is 2. The molecule has 1 aromatic rings. The summed E-state index contributed by atoms with van der Waals surface area (Å²) in [7, 11) is 0. The molecule has 0 saturated heterocycles. The van der Waals surface area contributed by atoms with Crippen LogP contribution in [0, 0.1) is 0 Å². The highest BCUT2D eigenvalue weighted by molar-refractivity contribution is 7.79. The molecule has 0 fully saturated rings. The summed E-state index contributed by atoms with van der Waals surface area (Å²) in [6.45, 7) is 0. The lowest BCUT2D eigenvalue weighted by Gasteiger charge is -2.04. The number of rotatable bonds is 4. The molecule has 0 aliphatic rings. The van der Waals surface area contributed by atoms with Gasteiger partial charge in [0.25, 0.3) is 0 Å². The minimum atomic E-state index is -1.93. The van der Waals surface area contributed by atoms with Crippen LogP contribution in [0.15, 0.2) is 24.3 Å². The summed E-state index contributed by atoms with van der Waals surface area (Å²) in [5, 5.41) is 0.695. The van der Waals surface area contributed by atoms with Crippen LogP contribution < -0.4 is 0 Å². The zero-order valence-electron chi connectivity index (χ0n) is 7.03. The Morgan fingerprint density at radius 3 is 2.85 bits per heavy atom. The van der Waals surface area contributed by atoms with Gasteiger partial charge in [0.1, 0.15) is 0 Å². The molecule has 1 unspecified atom stereocenters. The minimum Gasteiger partial charge on any atom is -0.772 e. The lowest BCUT2D eigenvalue weighted by Crippen LogP contribution is -1.97. The van der Waals surface area contributed by atoms with E-state index in [1.807, 2.05) is 18.2 Å². The van der Waals surface area contributed by atoms with Crippen LogP contribution in [-0.4, -0.2) is 14.5 Å². The molecule has 72 valence electrons. The Labute approximate surface area is 85.2 Å². The van der Waals surface area contributed by atoms with Crippen LogP contribution in [0.1, 0.15) is 12.0 Å². The lowest BCUT2D eigenvalue weighted by molar-refractivity contribution is 0.535. The summed E-state index contributed by atoms with van der Waals surface area (Å²) in [4.78, 5) is 0. The molecule has 0 heterocycles. The third-order valence-electron chi connectivity index (χ3n) is 1.67. The molecule has 0 spiro atoms. The van der Waals surface area contributed by atoms with E-state index >= 15 is 0 Å².